The van der Waals surface area contributed by atoms with Gasteiger partial charge in [-0.1, -0.05) is 13.8 Å². The van der Waals surface area contributed by atoms with Gasteiger partial charge in [-0.05, 0) is 40.0 Å². The van der Waals surface area contributed by atoms with Crippen LogP contribution in [0.3, 0.4) is 0 Å². The summed E-state index contributed by atoms with van der Waals surface area (Å²) >= 11 is 0. The van der Waals surface area contributed by atoms with Gasteiger partial charge in [0.05, 0.1) is 0 Å². The maximum Gasteiger partial charge on any atom is 0.132 e. The Morgan fingerprint density at radius 3 is 2.33 bits per heavy atom. The standard InChI is InChI=1S/C14H26N4/c1-10(2)7-8-15-12-9-13(17-11(3)16-12)18-14(4,5)6/h9-10H,7-8H2,1-6H3,(H2,15,16,17,18). The van der Waals surface area contributed by atoms with Gasteiger partial charge in [0, 0.05) is 18.2 Å². The molecule has 1 rings (SSSR count). The Morgan fingerprint density at radius 1 is 1.17 bits per heavy atom. The lowest BCUT2D eigenvalue weighted by molar-refractivity contribution is 0.606. The number of nitrogens with one attached hydrogen (secondary N) is 2. The van der Waals surface area contributed by atoms with Crippen LogP contribution in [0.25, 0.3) is 0 Å². The lowest BCUT2D eigenvalue weighted by atomic mass is 10.1. The van der Waals surface area contributed by atoms with Gasteiger partial charge in [0.1, 0.15) is 17.5 Å². The fourth-order valence-electron chi connectivity index (χ4n) is 1.60. The van der Waals surface area contributed by atoms with E-state index in [1.165, 1.54) is 0 Å². The molecule has 0 aliphatic heterocycles. The highest BCUT2D eigenvalue weighted by molar-refractivity contribution is 5.48. The maximum absolute atomic E-state index is 4.40. The van der Waals surface area contributed by atoms with Crippen LogP contribution in [0.5, 0.6) is 0 Å². The first-order valence-corrected chi connectivity index (χ1v) is 6.64. The molecule has 0 aliphatic carbocycles. The molecule has 0 spiro atoms. The zero-order chi connectivity index (χ0) is 13.8. The Bertz CT molecular complexity index is 380. The van der Waals surface area contributed by atoms with Crippen LogP contribution >= 0.6 is 0 Å². The van der Waals surface area contributed by atoms with Crippen LogP contribution in [-0.2, 0) is 0 Å². The Kier molecular flexibility index (Phi) is 4.93. The van der Waals surface area contributed by atoms with Gasteiger partial charge in [0.15, 0.2) is 0 Å². The van der Waals surface area contributed by atoms with Crippen molar-refractivity contribution in [1.82, 2.24) is 9.97 Å². The highest BCUT2D eigenvalue weighted by Gasteiger charge is 2.11. The molecule has 1 aromatic heterocycles. The van der Waals surface area contributed by atoms with Crippen molar-refractivity contribution >= 4 is 11.6 Å². The molecule has 0 saturated carbocycles. The predicted molar refractivity (Wildman–Crippen MR) is 78.1 cm³/mol. The fraction of sp³-hybridized carbons (Fsp3) is 0.714. The Labute approximate surface area is 111 Å². The summed E-state index contributed by atoms with van der Waals surface area (Å²) in [5.41, 5.74) is 0.00992. The van der Waals surface area contributed by atoms with Crippen LogP contribution in [0.15, 0.2) is 6.07 Å². The van der Waals surface area contributed by atoms with Crippen molar-refractivity contribution in [3.63, 3.8) is 0 Å². The van der Waals surface area contributed by atoms with Crippen LogP contribution < -0.4 is 10.6 Å². The molecule has 0 bridgehead atoms. The highest BCUT2D eigenvalue weighted by atomic mass is 15.1. The summed E-state index contributed by atoms with van der Waals surface area (Å²) in [4.78, 5) is 8.80. The first-order chi connectivity index (χ1) is 8.26. The van der Waals surface area contributed by atoms with Crippen LogP contribution in [0.2, 0.25) is 0 Å². The van der Waals surface area contributed by atoms with Gasteiger partial charge >= 0.3 is 0 Å². The Morgan fingerprint density at radius 2 is 1.78 bits per heavy atom. The van der Waals surface area contributed by atoms with Crippen molar-refractivity contribution in [3.05, 3.63) is 11.9 Å². The minimum Gasteiger partial charge on any atom is -0.370 e. The van der Waals surface area contributed by atoms with E-state index in [-0.39, 0.29) is 5.54 Å². The molecule has 18 heavy (non-hydrogen) atoms. The van der Waals surface area contributed by atoms with Crippen molar-refractivity contribution in [3.8, 4) is 0 Å². The smallest absolute Gasteiger partial charge is 0.132 e. The molecule has 4 nitrogen and oxygen atoms in total. The number of hydrogen-bond donors (Lipinski definition) is 2. The van der Waals surface area contributed by atoms with Crippen molar-refractivity contribution in [1.29, 1.82) is 0 Å². The van der Waals surface area contributed by atoms with E-state index in [1.54, 1.807) is 0 Å². The van der Waals surface area contributed by atoms with Crippen molar-refractivity contribution < 1.29 is 0 Å². The Hall–Kier alpha value is -1.32. The number of hydrogen-bond acceptors (Lipinski definition) is 4. The third-order valence-corrected chi connectivity index (χ3v) is 2.37. The second-order valence-corrected chi connectivity index (χ2v) is 6.17. The number of nitrogens with zero attached hydrogens (tertiary/aromatic N) is 2. The SMILES string of the molecule is Cc1nc(NCCC(C)C)cc(NC(C)(C)C)n1. The third-order valence-electron chi connectivity index (χ3n) is 2.37. The van der Waals surface area contributed by atoms with Gasteiger partial charge in [-0.2, -0.15) is 0 Å². The van der Waals surface area contributed by atoms with Crippen molar-refractivity contribution in [2.75, 3.05) is 17.2 Å². The molecule has 1 aromatic rings. The fourth-order valence-corrected chi connectivity index (χ4v) is 1.60. The molecule has 0 radical (unpaired) electrons. The molecular weight excluding hydrogens is 224 g/mol. The van der Waals surface area contributed by atoms with Gasteiger partial charge in [-0.25, -0.2) is 9.97 Å². The minimum atomic E-state index is 0.00992. The zero-order valence-corrected chi connectivity index (χ0v) is 12.5. The van der Waals surface area contributed by atoms with Gasteiger partial charge in [0.25, 0.3) is 0 Å². The van der Waals surface area contributed by atoms with Gasteiger partial charge in [-0.15, -0.1) is 0 Å². The molecule has 0 amide bonds. The molecule has 0 unspecified atom stereocenters. The molecule has 4 heteroatoms. The van der Waals surface area contributed by atoms with Gasteiger partial charge in [0.2, 0.25) is 0 Å². The number of rotatable bonds is 5. The van der Waals surface area contributed by atoms with E-state index in [1.807, 2.05) is 13.0 Å². The van der Waals surface area contributed by atoms with Crippen molar-refractivity contribution in [2.45, 2.75) is 53.5 Å². The third kappa shape index (κ3) is 5.84. The lowest BCUT2D eigenvalue weighted by Gasteiger charge is -2.21. The first kappa shape index (κ1) is 14.7. The Balaban J connectivity index is 2.69. The molecule has 1 heterocycles. The van der Waals surface area contributed by atoms with Gasteiger partial charge in [-0.3, -0.25) is 0 Å². The summed E-state index contributed by atoms with van der Waals surface area (Å²) < 4.78 is 0. The van der Waals surface area contributed by atoms with E-state index < -0.39 is 0 Å². The summed E-state index contributed by atoms with van der Waals surface area (Å²) in [6.45, 7) is 13.7. The summed E-state index contributed by atoms with van der Waals surface area (Å²) in [5.74, 6) is 3.26. The summed E-state index contributed by atoms with van der Waals surface area (Å²) in [6, 6.07) is 1.97. The van der Waals surface area contributed by atoms with E-state index in [0.29, 0.717) is 5.92 Å². The van der Waals surface area contributed by atoms with E-state index >= 15 is 0 Å². The molecule has 0 fully saturated rings. The topological polar surface area (TPSA) is 49.8 Å². The van der Waals surface area contributed by atoms with Crippen molar-refractivity contribution in [2.24, 2.45) is 5.92 Å². The second-order valence-electron chi connectivity index (χ2n) is 6.17. The van der Waals surface area contributed by atoms with Crippen LogP contribution in [0.1, 0.15) is 46.9 Å². The monoisotopic (exact) mass is 250 g/mol. The van der Waals surface area contributed by atoms with Crippen LogP contribution in [-0.4, -0.2) is 22.1 Å². The molecule has 0 aromatic carbocycles. The van der Waals surface area contributed by atoms with E-state index in [4.69, 9.17) is 0 Å². The highest BCUT2D eigenvalue weighted by Crippen LogP contribution is 2.16. The summed E-state index contributed by atoms with van der Waals surface area (Å²) in [6.07, 6.45) is 1.14. The molecule has 0 saturated heterocycles. The largest absolute Gasteiger partial charge is 0.370 e. The second kappa shape index (κ2) is 6.03. The normalized spacial score (nSPS) is 11.7. The first-order valence-electron chi connectivity index (χ1n) is 6.64. The van der Waals surface area contributed by atoms with E-state index in [9.17, 15) is 0 Å². The number of aromatic nitrogens is 2. The summed E-state index contributed by atoms with van der Waals surface area (Å²) in [5, 5.41) is 6.72. The maximum atomic E-state index is 4.40. The molecular formula is C14H26N4. The number of anilines is 2. The van der Waals surface area contributed by atoms with E-state index in [2.05, 4.69) is 55.2 Å². The predicted octanol–water partition coefficient (Wildman–Crippen LogP) is 3.45. The molecule has 0 atom stereocenters. The quantitative estimate of drug-likeness (QED) is 0.840. The van der Waals surface area contributed by atoms with E-state index in [0.717, 1.165) is 30.4 Å². The number of aryl methyl sites for hydroxylation is 1. The van der Waals surface area contributed by atoms with Crippen LogP contribution in [0.4, 0.5) is 11.6 Å². The molecule has 2 N–H and O–H groups in total. The average Bonchev–Trinajstić information content (AvgIpc) is 2.12. The molecule has 102 valence electrons. The minimum absolute atomic E-state index is 0.00992. The average molecular weight is 250 g/mol. The van der Waals surface area contributed by atoms with Gasteiger partial charge < -0.3 is 10.6 Å². The summed E-state index contributed by atoms with van der Waals surface area (Å²) in [7, 11) is 0. The zero-order valence-electron chi connectivity index (χ0n) is 12.5. The lowest BCUT2D eigenvalue weighted by Crippen LogP contribution is -2.27. The van der Waals surface area contributed by atoms with Crippen LogP contribution in [0, 0.1) is 12.8 Å². The molecule has 0 aliphatic rings.